The monoisotopic (exact) mass is 963 g/mol. The average molecular weight is 963 g/mol. The molecule has 5 rings (SSSR count). The van der Waals surface area contributed by atoms with Crippen LogP contribution in [0.15, 0.2) is 78.9 Å². The summed E-state index contributed by atoms with van der Waals surface area (Å²) in [4.78, 5) is 84.4. The minimum absolute atomic E-state index is 0.00940. The number of terminal acetylenes is 1. The standard InChI is InChI=1S/C57H75N3O10/c1-10-27-68-51-33-43(22-24-50(51)70-55(66)56(6,7)8)36-60(25-28-67-29-26-60)37-46(61)34-44(23-21-41-17-13-11-14-18-41)53(64)58-47(30-39(2)3)49(62)35-45(32-42-19-15-12-16-20-42)54(65)59-48(31-40(4)5)52(63)57(9)38-69-57/h1,11-20,22,24,33,39-40,44-45,47-48H,21,23,25-32,34-38H2,2-9H3,(H-,58,59,64,65)/p+1/t44-,45-,47+,48+,57-/m1/s1. The van der Waals surface area contributed by atoms with Gasteiger partial charge in [-0.3, -0.25) is 28.8 Å². The summed E-state index contributed by atoms with van der Waals surface area (Å²) in [5.74, 6) is -0.216. The van der Waals surface area contributed by atoms with Gasteiger partial charge in [-0.05, 0) is 101 Å². The number of ether oxygens (including phenoxy) is 4. The van der Waals surface area contributed by atoms with Crippen LogP contribution in [0.1, 0.15) is 104 Å². The topological polar surface area (TPSA) is 167 Å². The SMILES string of the molecule is C#CCOc1cc(C[N+]2(CC(=O)C[C@@H](CCc3ccccc3)C(=O)N[C@@H](CC(C)C)C(=O)C[C@@H](Cc3ccccc3)C(=O)N[C@@H](CC(C)C)C(=O)[C@@]3(C)CO3)CCOCC2)ccc1OC(=O)C(C)(C)C. The predicted octanol–water partition coefficient (Wildman–Crippen LogP) is 7.44. The van der Waals surface area contributed by atoms with Gasteiger partial charge in [0.05, 0.1) is 37.3 Å². The van der Waals surface area contributed by atoms with Gasteiger partial charge >= 0.3 is 5.97 Å². The Kier molecular flexibility index (Phi) is 20.1. The van der Waals surface area contributed by atoms with E-state index in [4.69, 9.17) is 25.4 Å². The predicted molar refractivity (Wildman–Crippen MR) is 269 cm³/mol. The van der Waals surface area contributed by atoms with Crippen LogP contribution in [-0.4, -0.2) is 103 Å². The lowest BCUT2D eigenvalue weighted by Gasteiger charge is -2.41. The molecule has 0 aromatic heterocycles. The summed E-state index contributed by atoms with van der Waals surface area (Å²) < 4.78 is 23.2. The number of quaternary nitrogens is 1. The number of hydrogen-bond donors (Lipinski definition) is 2. The van der Waals surface area contributed by atoms with E-state index < -0.39 is 52.7 Å². The Morgan fingerprint density at radius 2 is 1.36 bits per heavy atom. The van der Waals surface area contributed by atoms with Gasteiger partial charge in [-0.2, -0.15) is 0 Å². The van der Waals surface area contributed by atoms with Crippen LogP contribution in [0.4, 0.5) is 0 Å². The Bertz CT molecular complexity index is 2290. The average Bonchev–Trinajstić information content (AvgIpc) is 4.07. The van der Waals surface area contributed by atoms with Crippen LogP contribution in [0.2, 0.25) is 0 Å². The molecule has 0 radical (unpaired) electrons. The second-order valence-electron chi connectivity index (χ2n) is 21.4. The summed E-state index contributed by atoms with van der Waals surface area (Å²) in [7, 11) is 0. The molecule has 2 amide bonds. The highest BCUT2D eigenvalue weighted by atomic mass is 16.6. The number of nitrogens with zero attached hydrogens (tertiary/aromatic N) is 1. The van der Waals surface area contributed by atoms with Crippen LogP contribution in [0, 0.1) is 41.4 Å². The minimum Gasteiger partial charge on any atom is -0.477 e. The number of carbonyl (C=O) groups is 6. The molecular formula is C57H76N3O10+. The molecule has 0 saturated carbocycles. The molecule has 2 saturated heterocycles. The summed E-state index contributed by atoms with van der Waals surface area (Å²) in [5, 5.41) is 6.09. The molecular weight excluding hydrogens is 887 g/mol. The van der Waals surface area contributed by atoms with E-state index in [1.165, 1.54) is 0 Å². The molecule has 2 aliphatic heterocycles. The first-order valence-corrected chi connectivity index (χ1v) is 24.9. The third-order valence-electron chi connectivity index (χ3n) is 13.0. The fourth-order valence-corrected chi connectivity index (χ4v) is 8.92. The van der Waals surface area contributed by atoms with E-state index in [1.54, 1.807) is 39.8 Å². The van der Waals surface area contributed by atoms with E-state index in [0.717, 1.165) is 16.7 Å². The third-order valence-corrected chi connectivity index (χ3v) is 13.0. The number of amides is 2. The molecule has 2 fully saturated rings. The summed E-state index contributed by atoms with van der Waals surface area (Å²) in [6.45, 7) is 17.8. The quantitative estimate of drug-likeness (QED) is 0.0258. The van der Waals surface area contributed by atoms with Gasteiger partial charge in [-0.15, -0.1) is 6.42 Å². The molecule has 13 heteroatoms. The lowest BCUT2D eigenvalue weighted by molar-refractivity contribution is -0.940. The van der Waals surface area contributed by atoms with Crippen LogP contribution in [-0.2, 0) is 57.6 Å². The number of ketones is 3. The highest BCUT2D eigenvalue weighted by Crippen LogP contribution is 2.33. The van der Waals surface area contributed by atoms with Gasteiger partial charge in [-0.25, -0.2) is 0 Å². The smallest absolute Gasteiger partial charge is 0.316 e. The van der Waals surface area contributed by atoms with Crippen molar-refractivity contribution in [1.82, 2.24) is 10.6 Å². The van der Waals surface area contributed by atoms with E-state index in [0.29, 0.717) is 75.4 Å². The highest BCUT2D eigenvalue weighted by Gasteiger charge is 2.50. The number of carbonyl (C=O) groups excluding carboxylic acids is 6. The zero-order valence-corrected chi connectivity index (χ0v) is 42.7. The highest BCUT2D eigenvalue weighted by molar-refractivity contribution is 5.98. The molecule has 0 bridgehead atoms. The molecule has 70 heavy (non-hydrogen) atoms. The van der Waals surface area contributed by atoms with Gasteiger partial charge in [0.25, 0.3) is 0 Å². The van der Waals surface area contributed by atoms with Crippen molar-refractivity contribution < 1.29 is 52.2 Å². The maximum Gasteiger partial charge on any atom is 0.316 e. The first-order valence-electron chi connectivity index (χ1n) is 24.9. The van der Waals surface area contributed by atoms with Crippen LogP contribution >= 0.6 is 0 Å². The Morgan fingerprint density at radius 1 is 0.771 bits per heavy atom. The third kappa shape index (κ3) is 17.0. The first kappa shape index (κ1) is 55.2. The summed E-state index contributed by atoms with van der Waals surface area (Å²) in [6, 6.07) is 22.9. The Balaban J connectivity index is 1.37. The molecule has 0 spiro atoms. The van der Waals surface area contributed by atoms with Crippen LogP contribution in [0.5, 0.6) is 11.5 Å². The Labute approximate surface area is 415 Å². The molecule has 378 valence electrons. The zero-order valence-electron chi connectivity index (χ0n) is 42.7. The Morgan fingerprint density at radius 3 is 1.94 bits per heavy atom. The molecule has 2 heterocycles. The maximum absolute atomic E-state index is 14.7. The molecule has 2 N–H and O–H groups in total. The maximum atomic E-state index is 14.7. The van der Waals surface area contributed by atoms with Gasteiger partial charge in [0.15, 0.2) is 28.8 Å². The normalized spacial score (nSPS) is 18.1. The Hall–Kier alpha value is -5.68. The molecule has 0 unspecified atom stereocenters. The van der Waals surface area contributed by atoms with Gasteiger partial charge in [0.2, 0.25) is 11.8 Å². The second kappa shape index (κ2) is 25.4. The van der Waals surface area contributed by atoms with E-state index in [9.17, 15) is 28.8 Å². The molecule has 3 aromatic rings. The van der Waals surface area contributed by atoms with Gasteiger partial charge in [-0.1, -0.05) is 94.3 Å². The molecule has 0 aliphatic carbocycles. The fraction of sp³-hybridized carbons (Fsp3) is 0.544. The van der Waals surface area contributed by atoms with Crippen molar-refractivity contribution >= 4 is 35.1 Å². The van der Waals surface area contributed by atoms with Crippen molar-refractivity contribution in [2.75, 3.05) is 46.1 Å². The van der Waals surface area contributed by atoms with Crippen molar-refractivity contribution in [3.8, 4) is 23.8 Å². The van der Waals surface area contributed by atoms with Crippen molar-refractivity contribution in [1.29, 1.82) is 0 Å². The van der Waals surface area contributed by atoms with Crippen LogP contribution in [0.25, 0.3) is 0 Å². The van der Waals surface area contributed by atoms with Crippen molar-refractivity contribution in [2.24, 2.45) is 29.1 Å². The van der Waals surface area contributed by atoms with Crippen molar-refractivity contribution in [2.45, 2.75) is 125 Å². The number of nitrogens with one attached hydrogen (secondary N) is 2. The summed E-state index contributed by atoms with van der Waals surface area (Å²) in [5.41, 5.74) is 1.04. The number of rotatable bonds is 27. The van der Waals surface area contributed by atoms with E-state index in [2.05, 4.69) is 16.6 Å². The number of hydrogen-bond acceptors (Lipinski definition) is 10. The molecule has 5 atom stereocenters. The number of Topliss-reactive ketones (excluding diaryl/α,β-unsaturated/α-hetero) is 3. The zero-order chi connectivity index (χ0) is 51.1. The fourth-order valence-electron chi connectivity index (χ4n) is 8.92. The molecule has 2 aliphatic rings. The molecule has 13 nitrogen and oxygen atoms in total. The first-order chi connectivity index (χ1) is 33.2. The largest absolute Gasteiger partial charge is 0.477 e. The van der Waals surface area contributed by atoms with Gasteiger partial charge < -0.3 is 34.1 Å². The van der Waals surface area contributed by atoms with Gasteiger partial charge in [0.1, 0.15) is 38.4 Å². The second-order valence-corrected chi connectivity index (χ2v) is 21.4. The summed E-state index contributed by atoms with van der Waals surface area (Å²) in [6.07, 6.45) is 7.22. The minimum atomic E-state index is -0.938. The van der Waals surface area contributed by atoms with Crippen LogP contribution in [0.3, 0.4) is 0 Å². The van der Waals surface area contributed by atoms with E-state index in [1.807, 2.05) is 94.4 Å². The summed E-state index contributed by atoms with van der Waals surface area (Å²) >= 11 is 0. The van der Waals surface area contributed by atoms with E-state index >= 15 is 0 Å². The number of morpholine rings is 1. The van der Waals surface area contributed by atoms with Gasteiger partial charge in [0, 0.05) is 30.2 Å². The molecule has 3 aromatic carbocycles. The number of esters is 1. The number of benzene rings is 3. The number of epoxide rings is 1. The van der Waals surface area contributed by atoms with Crippen molar-refractivity contribution in [3.63, 3.8) is 0 Å². The van der Waals surface area contributed by atoms with Crippen molar-refractivity contribution in [3.05, 3.63) is 95.6 Å². The van der Waals surface area contributed by atoms with Crippen LogP contribution < -0.4 is 20.1 Å². The number of aryl methyl sites for hydroxylation is 1. The lowest BCUT2D eigenvalue weighted by atomic mass is 9.87. The lowest BCUT2D eigenvalue weighted by Crippen LogP contribution is -2.57. The van der Waals surface area contributed by atoms with E-state index in [-0.39, 0.29) is 67.3 Å².